The number of nitrogens with one attached hydrogen (secondary N) is 1. The van der Waals surface area contributed by atoms with Gasteiger partial charge < -0.3 is 33.9 Å². The Bertz CT molecular complexity index is 1340. The van der Waals surface area contributed by atoms with Crippen LogP contribution in [-0.2, 0) is 9.59 Å². The van der Waals surface area contributed by atoms with E-state index in [4.69, 9.17) is 23.7 Å². The number of anilines is 2. The van der Waals surface area contributed by atoms with E-state index in [9.17, 15) is 14.0 Å². The number of carbonyl (C=O) groups is 2. The molecule has 0 bridgehead atoms. The minimum absolute atomic E-state index is 0.0890. The van der Waals surface area contributed by atoms with Gasteiger partial charge in [0.2, 0.25) is 24.4 Å². The standard InChI is InChI=1S/C28H27FN2O7/c1-34-23-12-16(13-24(35-2)27(23)36-3)26-20(28(33)30-18-6-4-17(29)5-7-18)9-11-25(32)31(26)19-8-10-21-22(14-19)38-15-37-21/h4-8,10,12-14,20,26H,9,11,15H2,1-3H3,(H,30,33)/t20-,26-/m1/s1. The van der Waals surface area contributed by atoms with Crippen LogP contribution in [0.25, 0.3) is 0 Å². The van der Waals surface area contributed by atoms with Crippen LogP contribution in [0.4, 0.5) is 15.8 Å². The highest BCUT2D eigenvalue weighted by Gasteiger charge is 2.42. The maximum absolute atomic E-state index is 13.7. The molecule has 2 atom stereocenters. The predicted octanol–water partition coefficient (Wildman–Crippen LogP) is 4.70. The molecule has 2 aliphatic rings. The lowest BCUT2D eigenvalue weighted by molar-refractivity contribution is -0.125. The second-order valence-corrected chi connectivity index (χ2v) is 8.85. The van der Waals surface area contributed by atoms with Crippen molar-refractivity contribution in [2.45, 2.75) is 18.9 Å². The van der Waals surface area contributed by atoms with Gasteiger partial charge in [-0.25, -0.2) is 4.39 Å². The molecule has 3 aromatic carbocycles. The number of carbonyl (C=O) groups excluding carboxylic acids is 2. The molecule has 0 radical (unpaired) electrons. The summed E-state index contributed by atoms with van der Waals surface area (Å²) in [7, 11) is 4.50. The number of ether oxygens (including phenoxy) is 5. The van der Waals surface area contributed by atoms with Crippen molar-refractivity contribution in [3.05, 3.63) is 66.0 Å². The maximum atomic E-state index is 13.7. The number of hydrogen-bond donors (Lipinski definition) is 1. The average molecular weight is 523 g/mol. The van der Waals surface area contributed by atoms with Gasteiger partial charge in [0.1, 0.15) is 5.82 Å². The van der Waals surface area contributed by atoms with Crippen molar-refractivity contribution < 1.29 is 37.7 Å². The minimum Gasteiger partial charge on any atom is -0.493 e. The molecule has 1 N–H and O–H groups in total. The fourth-order valence-electron chi connectivity index (χ4n) is 4.93. The van der Waals surface area contributed by atoms with Gasteiger partial charge in [-0.05, 0) is 60.5 Å². The summed E-state index contributed by atoms with van der Waals surface area (Å²) in [6.07, 6.45) is 0.450. The van der Waals surface area contributed by atoms with Gasteiger partial charge in [0.25, 0.3) is 0 Å². The van der Waals surface area contributed by atoms with E-state index >= 15 is 0 Å². The third-order valence-corrected chi connectivity index (χ3v) is 6.71. The molecule has 3 aromatic rings. The Morgan fingerprint density at radius 2 is 1.63 bits per heavy atom. The van der Waals surface area contributed by atoms with Crippen LogP contribution in [0.5, 0.6) is 28.7 Å². The van der Waals surface area contributed by atoms with Crippen LogP contribution in [0, 0.1) is 11.7 Å². The highest BCUT2D eigenvalue weighted by molar-refractivity contribution is 6.00. The van der Waals surface area contributed by atoms with Crippen molar-refractivity contribution in [1.29, 1.82) is 0 Å². The zero-order valence-corrected chi connectivity index (χ0v) is 21.2. The Morgan fingerprint density at radius 3 is 2.29 bits per heavy atom. The van der Waals surface area contributed by atoms with Crippen LogP contribution in [-0.4, -0.2) is 39.9 Å². The third-order valence-electron chi connectivity index (χ3n) is 6.71. The molecule has 2 heterocycles. The van der Waals surface area contributed by atoms with Crippen LogP contribution < -0.4 is 33.9 Å². The maximum Gasteiger partial charge on any atom is 0.231 e. The molecule has 10 heteroatoms. The lowest BCUT2D eigenvalue weighted by Crippen LogP contribution is -2.47. The molecule has 2 amide bonds. The van der Waals surface area contributed by atoms with Crippen molar-refractivity contribution in [1.82, 2.24) is 0 Å². The van der Waals surface area contributed by atoms with Crippen molar-refractivity contribution in [3.8, 4) is 28.7 Å². The number of hydrogen-bond acceptors (Lipinski definition) is 7. The van der Waals surface area contributed by atoms with Crippen LogP contribution in [0.1, 0.15) is 24.4 Å². The van der Waals surface area contributed by atoms with Gasteiger partial charge in [0, 0.05) is 23.9 Å². The fourth-order valence-corrected chi connectivity index (χ4v) is 4.93. The first kappa shape index (κ1) is 25.2. The quantitative estimate of drug-likeness (QED) is 0.481. The SMILES string of the molecule is COc1cc([C@@H]2[C@H](C(=O)Nc3ccc(F)cc3)CCC(=O)N2c2ccc3c(c2)OCO3)cc(OC)c1OC. The van der Waals surface area contributed by atoms with Gasteiger partial charge in [0.15, 0.2) is 23.0 Å². The summed E-state index contributed by atoms with van der Waals surface area (Å²) in [6.45, 7) is 0.0890. The molecule has 198 valence electrons. The summed E-state index contributed by atoms with van der Waals surface area (Å²) >= 11 is 0. The highest BCUT2D eigenvalue weighted by atomic mass is 19.1. The summed E-state index contributed by atoms with van der Waals surface area (Å²) in [6, 6.07) is 13.5. The smallest absolute Gasteiger partial charge is 0.231 e. The number of rotatable bonds is 7. The number of amides is 2. The number of piperidine rings is 1. The Balaban J connectivity index is 1.62. The topological polar surface area (TPSA) is 95.6 Å². The molecule has 0 unspecified atom stereocenters. The van der Waals surface area contributed by atoms with Gasteiger partial charge in [-0.2, -0.15) is 0 Å². The van der Waals surface area contributed by atoms with E-state index in [1.54, 1.807) is 35.2 Å². The average Bonchev–Trinajstić information content (AvgIpc) is 3.41. The van der Waals surface area contributed by atoms with Crippen molar-refractivity contribution in [3.63, 3.8) is 0 Å². The van der Waals surface area contributed by atoms with E-state index in [1.165, 1.54) is 45.6 Å². The zero-order chi connectivity index (χ0) is 26.8. The summed E-state index contributed by atoms with van der Waals surface area (Å²) in [5.74, 6) is 0.725. The molecule has 1 fully saturated rings. The molecule has 38 heavy (non-hydrogen) atoms. The molecule has 0 saturated carbocycles. The Labute approximate surface area is 219 Å². The lowest BCUT2D eigenvalue weighted by atomic mass is 9.82. The molecule has 0 aliphatic carbocycles. The van der Waals surface area contributed by atoms with E-state index in [0.717, 1.165) is 0 Å². The van der Waals surface area contributed by atoms with Crippen LogP contribution in [0.15, 0.2) is 54.6 Å². The number of methoxy groups -OCH3 is 3. The summed E-state index contributed by atoms with van der Waals surface area (Å²) in [4.78, 5) is 28.7. The normalized spacial score (nSPS) is 18.2. The van der Waals surface area contributed by atoms with Gasteiger partial charge in [-0.15, -0.1) is 0 Å². The predicted molar refractivity (Wildman–Crippen MR) is 137 cm³/mol. The molecule has 9 nitrogen and oxygen atoms in total. The number of halogens is 1. The Morgan fingerprint density at radius 1 is 0.947 bits per heavy atom. The fraction of sp³-hybridized carbons (Fsp3) is 0.286. The zero-order valence-electron chi connectivity index (χ0n) is 21.2. The van der Waals surface area contributed by atoms with Gasteiger partial charge >= 0.3 is 0 Å². The lowest BCUT2D eigenvalue weighted by Gasteiger charge is -2.41. The van der Waals surface area contributed by atoms with Crippen LogP contribution >= 0.6 is 0 Å². The van der Waals surface area contributed by atoms with E-state index in [-0.39, 0.29) is 25.0 Å². The summed E-state index contributed by atoms with van der Waals surface area (Å²) in [5, 5.41) is 2.87. The second kappa shape index (κ2) is 10.5. The first-order chi connectivity index (χ1) is 18.4. The van der Waals surface area contributed by atoms with E-state index in [0.29, 0.717) is 52.1 Å². The third kappa shape index (κ3) is 4.65. The minimum atomic E-state index is -0.731. The second-order valence-electron chi connectivity index (χ2n) is 8.85. The monoisotopic (exact) mass is 522 g/mol. The Hall–Kier alpha value is -4.47. The number of benzene rings is 3. The first-order valence-corrected chi connectivity index (χ1v) is 12.0. The first-order valence-electron chi connectivity index (χ1n) is 12.0. The number of fused-ring (bicyclic) bond motifs is 1. The summed E-state index contributed by atoms with van der Waals surface area (Å²) in [5.41, 5.74) is 1.62. The van der Waals surface area contributed by atoms with Crippen molar-refractivity contribution in [2.24, 2.45) is 5.92 Å². The van der Waals surface area contributed by atoms with Gasteiger partial charge in [-0.1, -0.05) is 0 Å². The van der Waals surface area contributed by atoms with Crippen LogP contribution in [0.3, 0.4) is 0 Å². The van der Waals surface area contributed by atoms with Crippen molar-refractivity contribution >= 4 is 23.2 Å². The Kier molecular flexibility index (Phi) is 6.95. The molecule has 0 spiro atoms. The van der Waals surface area contributed by atoms with E-state index < -0.39 is 17.8 Å². The van der Waals surface area contributed by atoms with Gasteiger partial charge in [-0.3, -0.25) is 9.59 Å². The molecular formula is C28H27FN2O7. The molecule has 5 rings (SSSR count). The largest absolute Gasteiger partial charge is 0.493 e. The molecule has 1 saturated heterocycles. The van der Waals surface area contributed by atoms with Crippen molar-refractivity contribution in [2.75, 3.05) is 38.3 Å². The van der Waals surface area contributed by atoms with E-state index in [2.05, 4.69) is 5.32 Å². The number of nitrogens with zero attached hydrogens (tertiary/aromatic N) is 1. The molecular weight excluding hydrogens is 495 g/mol. The molecule has 0 aromatic heterocycles. The van der Waals surface area contributed by atoms with E-state index in [1.807, 2.05) is 0 Å². The van der Waals surface area contributed by atoms with Crippen LogP contribution in [0.2, 0.25) is 0 Å². The highest BCUT2D eigenvalue weighted by Crippen LogP contribution is 2.47. The molecule has 2 aliphatic heterocycles. The summed E-state index contributed by atoms with van der Waals surface area (Å²) < 4.78 is 41.0. The van der Waals surface area contributed by atoms with Gasteiger partial charge in [0.05, 0.1) is 33.3 Å².